The number of carbonyl (C=O) groups is 1. The van der Waals surface area contributed by atoms with Gasteiger partial charge in [-0.05, 0) is 29.7 Å². The number of carbonyl (C=O) groups excluding carboxylic acids is 1. The van der Waals surface area contributed by atoms with Crippen LogP contribution in [0.2, 0.25) is 0 Å². The third kappa shape index (κ3) is 2.00. The van der Waals surface area contributed by atoms with Gasteiger partial charge in [0.2, 0.25) is 0 Å². The molecule has 17 heavy (non-hydrogen) atoms. The Labute approximate surface area is 107 Å². The predicted molar refractivity (Wildman–Crippen MR) is 70.1 cm³/mol. The minimum absolute atomic E-state index is 0.560. The van der Waals surface area contributed by atoms with Crippen LogP contribution < -0.4 is 9.47 Å². The molecular weight excluding hydrogens is 284 g/mol. The fourth-order valence-electron chi connectivity index (χ4n) is 1.83. The van der Waals surface area contributed by atoms with E-state index in [4.69, 9.17) is 9.47 Å². The summed E-state index contributed by atoms with van der Waals surface area (Å²) in [6.45, 7) is 0. The van der Waals surface area contributed by atoms with Gasteiger partial charge in [0.1, 0.15) is 0 Å². The minimum atomic E-state index is 0.560. The second-order valence-corrected chi connectivity index (χ2v) is 4.42. The normalized spacial score (nSPS) is 10.3. The first-order valence-corrected chi connectivity index (χ1v) is 5.80. The van der Waals surface area contributed by atoms with E-state index in [-0.39, 0.29) is 0 Å². The van der Waals surface area contributed by atoms with E-state index in [0.29, 0.717) is 17.1 Å². The SMILES string of the molecule is COc1cc(C=O)c2cc(Br)ccc2c1OC. The highest BCUT2D eigenvalue weighted by atomic mass is 79.9. The van der Waals surface area contributed by atoms with E-state index in [1.807, 2.05) is 18.2 Å². The van der Waals surface area contributed by atoms with Crippen molar-refractivity contribution < 1.29 is 14.3 Å². The van der Waals surface area contributed by atoms with E-state index < -0.39 is 0 Å². The zero-order chi connectivity index (χ0) is 12.4. The third-order valence-electron chi connectivity index (χ3n) is 2.60. The molecule has 0 aliphatic carbocycles. The zero-order valence-corrected chi connectivity index (χ0v) is 11.1. The summed E-state index contributed by atoms with van der Waals surface area (Å²) in [7, 11) is 3.14. The van der Waals surface area contributed by atoms with Crippen molar-refractivity contribution >= 4 is 33.0 Å². The number of benzene rings is 2. The Morgan fingerprint density at radius 2 is 1.88 bits per heavy atom. The molecule has 0 aliphatic rings. The molecule has 2 aromatic carbocycles. The van der Waals surface area contributed by atoms with Crippen LogP contribution in [0.4, 0.5) is 0 Å². The van der Waals surface area contributed by atoms with Crippen molar-refractivity contribution in [3.8, 4) is 11.5 Å². The molecule has 2 rings (SSSR count). The molecule has 4 heteroatoms. The topological polar surface area (TPSA) is 35.5 Å². The summed E-state index contributed by atoms with van der Waals surface area (Å²) < 4.78 is 11.5. The molecule has 0 amide bonds. The van der Waals surface area contributed by atoms with Crippen LogP contribution in [0.1, 0.15) is 10.4 Å². The second-order valence-electron chi connectivity index (χ2n) is 3.51. The van der Waals surface area contributed by atoms with Crippen LogP contribution >= 0.6 is 15.9 Å². The molecule has 0 fully saturated rings. The van der Waals surface area contributed by atoms with E-state index in [9.17, 15) is 4.79 Å². The van der Waals surface area contributed by atoms with Crippen molar-refractivity contribution in [1.82, 2.24) is 0 Å². The maximum absolute atomic E-state index is 11.1. The maximum atomic E-state index is 11.1. The Bertz CT molecular complexity index is 578. The van der Waals surface area contributed by atoms with Gasteiger partial charge in [-0.15, -0.1) is 0 Å². The van der Waals surface area contributed by atoms with Gasteiger partial charge in [0.25, 0.3) is 0 Å². The smallest absolute Gasteiger partial charge is 0.168 e. The summed E-state index contributed by atoms with van der Waals surface area (Å²) in [6, 6.07) is 7.37. The Kier molecular flexibility index (Phi) is 3.33. The number of fused-ring (bicyclic) bond motifs is 1. The molecule has 2 aromatic rings. The van der Waals surface area contributed by atoms with Crippen LogP contribution in [0.3, 0.4) is 0 Å². The molecule has 0 bridgehead atoms. The number of ether oxygens (including phenoxy) is 2. The molecule has 0 spiro atoms. The fraction of sp³-hybridized carbons (Fsp3) is 0.154. The summed E-state index contributed by atoms with van der Waals surface area (Å²) in [4.78, 5) is 11.1. The van der Waals surface area contributed by atoms with Crippen LogP contribution in [-0.2, 0) is 0 Å². The molecule has 0 saturated carbocycles. The van der Waals surface area contributed by atoms with Crippen molar-refractivity contribution in [3.05, 3.63) is 34.3 Å². The molecule has 0 unspecified atom stereocenters. The molecule has 0 saturated heterocycles. The standard InChI is InChI=1S/C13H11BrO3/c1-16-12-5-8(7-15)11-6-9(14)3-4-10(11)13(12)17-2/h3-7H,1-2H3. The van der Waals surface area contributed by atoms with Crippen LogP contribution in [0.5, 0.6) is 11.5 Å². The van der Waals surface area contributed by atoms with Crippen LogP contribution in [0.25, 0.3) is 10.8 Å². The summed E-state index contributed by atoms with van der Waals surface area (Å²) in [5, 5.41) is 1.70. The Morgan fingerprint density at radius 1 is 1.12 bits per heavy atom. The molecule has 3 nitrogen and oxygen atoms in total. The number of hydrogen-bond acceptors (Lipinski definition) is 3. The maximum Gasteiger partial charge on any atom is 0.168 e. The lowest BCUT2D eigenvalue weighted by atomic mass is 10.0. The lowest BCUT2D eigenvalue weighted by Crippen LogP contribution is -1.95. The quantitative estimate of drug-likeness (QED) is 0.814. The number of methoxy groups -OCH3 is 2. The number of rotatable bonds is 3. The first-order chi connectivity index (χ1) is 8.21. The van der Waals surface area contributed by atoms with Crippen LogP contribution in [0, 0.1) is 0 Å². The van der Waals surface area contributed by atoms with Crippen molar-refractivity contribution in [2.45, 2.75) is 0 Å². The zero-order valence-electron chi connectivity index (χ0n) is 9.49. The van der Waals surface area contributed by atoms with Gasteiger partial charge in [-0.1, -0.05) is 15.9 Å². The average Bonchev–Trinajstić information content (AvgIpc) is 2.36. The Morgan fingerprint density at radius 3 is 2.47 bits per heavy atom. The minimum Gasteiger partial charge on any atom is -0.493 e. The fourth-order valence-corrected chi connectivity index (χ4v) is 2.19. The largest absolute Gasteiger partial charge is 0.493 e. The van der Waals surface area contributed by atoms with Gasteiger partial charge in [0, 0.05) is 15.4 Å². The van der Waals surface area contributed by atoms with Gasteiger partial charge < -0.3 is 9.47 Å². The summed E-state index contributed by atoms with van der Waals surface area (Å²) >= 11 is 3.39. The molecule has 0 atom stereocenters. The highest BCUT2D eigenvalue weighted by molar-refractivity contribution is 9.10. The lowest BCUT2D eigenvalue weighted by molar-refractivity contribution is 0.112. The van der Waals surface area contributed by atoms with Gasteiger partial charge >= 0.3 is 0 Å². The second kappa shape index (κ2) is 4.75. The van der Waals surface area contributed by atoms with Gasteiger partial charge in [0.15, 0.2) is 17.8 Å². The van der Waals surface area contributed by atoms with Gasteiger partial charge in [0.05, 0.1) is 14.2 Å². The van der Waals surface area contributed by atoms with E-state index in [0.717, 1.165) is 21.5 Å². The van der Waals surface area contributed by atoms with Crippen molar-refractivity contribution in [3.63, 3.8) is 0 Å². The Balaban J connectivity index is 2.90. The summed E-state index contributed by atoms with van der Waals surface area (Å²) in [5.74, 6) is 1.20. The molecular formula is C13H11BrO3. The van der Waals surface area contributed by atoms with Crippen molar-refractivity contribution in [1.29, 1.82) is 0 Å². The number of aldehydes is 1. The highest BCUT2D eigenvalue weighted by Gasteiger charge is 2.13. The highest BCUT2D eigenvalue weighted by Crippen LogP contribution is 2.38. The summed E-state index contributed by atoms with van der Waals surface area (Å²) in [5.41, 5.74) is 0.582. The number of halogens is 1. The van der Waals surface area contributed by atoms with Gasteiger partial charge in [-0.2, -0.15) is 0 Å². The van der Waals surface area contributed by atoms with Crippen LogP contribution in [-0.4, -0.2) is 20.5 Å². The van der Waals surface area contributed by atoms with Gasteiger partial charge in [-0.3, -0.25) is 4.79 Å². The molecule has 0 N–H and O–H groups in total. The third-order valence-corrected chi connectivity index (χ3v) is 3.09. The predicted octanol–water partition coefficient (Wildman–Crippen LogP) is 3.43. The lowest BCUT2D eigenvalue weighted by Gasteiger charge is -2.12. The monoisotopic (exact) mass is 294 g/mol. The molecule has 0 heterocycles. The first kappa shape index (κ1) is 11.9. The van der Waals surface area contributed by atoms with E-state index in [2.05, 4.69) is 15.9 Å². The summed E-state index contributed by atoms with van der Waals surface area (Å²) in [6.07, 6.45) is 0.816. The van der Waals surface area contributed by atoms with Crippen molar-refractivity contribution in [2.24, 2.45) is 0 Å². The molecule has 0 aromatic heterocycles. The Hall–Kier alpha value is -1.55. The number of hydrogen-bond donors (Lipinski definition) is 0. The molecule has 0 radical (unpaired) electrons. The van der Waals surface area contributed by atoms with E-state index >= 15 is 0 Å². The average molecular weight is 295 g/mol. The first-order valence-electron chi connectivity index (χ1n) is 5.00. The van der Waals surface area contributed by atoms with E-state index in [1.54, 1.807) is 20.3 Å². The van der Waals surface area contributed by atoms with Gasteiger partial charge in [-0.25, -0.2) is 0 Å². The molecule has 88 valence electrons. The van der Waals surface area contributed by atoms with Crippen molar-refractivity contribution in [2.75, 3.05) is 14.2 Å². The molecule has 0 aliphatic heterocycles. The van der Waals surface area contributed by atoms with E-state index in [1.165, 1.54) is 0 Å². The van der Waals surface area contributed by atoms with Crippen LogP contribution in [0.15, 0.2) is 28.7 Å².